The van der Waals surface area contributed by atoms with Gasteiger partial charge >= 0.3 is 0 Å². The fourth-order valence-corrected chi connectivity index (χ4v) is 2.68. The van der Waals surface area contributed by atoms with E-state index < -0.39 is 0 Å². The highest BCUT2D eigenvalue weighted by atomic mass is 16.5. The molecule has 0 saturated carbocycles. The second-order valence-electron chi connectivity index (χ2n) is 6.33. The Kier molecular flexibility index (Phi) is 6.41. The minimum absolute atomic E-state index is 0.0765. The van der Waals surface area contributed by atoms with Gasteiger partial charge in [0.25, 0.3) is 11.8 Å². The van der Waals surface area contributed by atoms with E-state index in [4.69, 9.17) is 4.74 Å². The normalized spacial score (nSPS) is 11.3. The van der Waals surface area contributed by atoms with Crippen LogP contribution in [0.25, 0.3) is 0 Å². The molecular weight excluding hydrogens is 352 g/mol. The Morgan fingerprint density at radius 1 is 0.857 bits per heavy atom. The molecule has 0 aromatic heterocycles. The molecule has 0 saturated heterocycles. The Bertz CT molecular complexity index is 910. The van der Waals surface area contributed by atoms with E-state index in [1.807, 2.05) is 55.5 Å². The highest BCUT2D eigenvalue weighted by Gasteiger charge is 2.10. The van der Waals surface area contributed by atoms with Crippen LogP contribution >= 0.6 is 0 Å². The molecule has 5 nitrogen and oxygen atoms in total. The molecule has 0 aliphatic carbocycles. The first-order valence-electron chi connectivity index (χ1n) is 9.05. The average molecular weight is 374 g/mol. The van der Waals surface area contributed by atoms with Crippen molar-refractivity contribution in [1.29, 1.82) is 0 Å². The quantitative estimate of drug-likeness (QED) is 0.651. The standard InChI is InChI=1S/C23H22N2O3/c1-17(18-8-4-2-5-9-18)24-22(26)16-28-21-14-12-20(13-15-21)25-23(27)19-10-6-3-7-11-19/h2-15,17H,16H2,1H3,(H,24,26)(H,25,27)/t17-/m0/s1. The van der Waals surface area contributed by atoms with Crippen molar-refractivity contribution in [2.24, 2.45) is 0 Å². The van der Waals surface area contributed by atoms with Gasteiger partial charge in [0, 0.05) is 11.3 Å². The van der Waals surface area contributed by atoms with Crippen molar-refractivity contribution in [1.82, 2.24) is 5.32 Å². The molecule has 0 aliphatic rings. The second kappa shape index (κ2) is 9.37. The summed E-state index contributed by atoms with van der Waals surface area (Å²) in [6.45, 7) is 1.85. The Morgan fingerprint density at radius 3 is 2.11 bits per heavy atom. The molecule has 2 N–H and O–H groups in total. The van der Waals surface area contributed by atoms with Crippen LogP contribution in [0.5, 0.6) is 5.75 Å². The molecule has 0 heterocycles. The zero-order valence-electron chi connectivity index (χ0n) is 15.6. The summed E-state index contributed by atoms with van der Waals surface area (Å²) in [5.74, 6) is 0.182. The molecule has 2 amide bonds. The third kappa shape index (κ3) is 5.45. The van der Waals surface area contributed by atoms with Gasteiger partial charge in [0.2, 0.25) is 0 Å². The topological polar surface area (TPSA) is 67.4 Å². The maximum absolute atomic E-state index is 12.1. The number of rotatable bonds is 7. The maximum Gasteiger partial charge on any atom is 0.258 e. The van der Waals surface area contributed by atoms with E-state index in [9.17, 15) is 9.59 Å². The first-order chi connectivity index (χ1) is 13.6. The minimum atomic E-state index is -0.196. The monoisotopic (exact) mass is 374 g/mol. The lowest BCUT2D eigenvalue weighted by molar-refractivity contribution is -0.123. The van der Waals surface area contributed by atoms with Crippen LogP contribution in [0.1, 0.15) is 28.9 Å². The fraction of sp³-hybridized carbons (Fsp3) is 0.130. The van der Waals surface area contributed by atoms with Crippen molar-refractivity contribution in [2.45, 2.75) is 13.0 Å². The largest absolute Gasteiger partial charge is 0.484 e. The lowest BCUT2D eigenvalue weighted by Crippen LogP contribution is -2.31. The number of amides is 2. The predicted molar refractivity (Wildman–Crippen MR) is 109 cm³/mol. The summed E-state index contributed by atoms with van der Waals surface area (Å²) in [4.78, 5) is 24.2. The highest BCUT2D eigenvalue weighted by molar-refractivity contribution is 6.04. The van der Waals surface area contributed by atoms with Crippen molar-refractivity contribution >= 4 is 17.5 Å². The first kappa shape index (κ1) is 19.2. The lowest BCUT2D eigenvalue weighted by Gasteiger charge is -2.14. The van der Waals surface area contributed by atoms with E-state index >= 15 is 0 Å². The summed E-state index contributed by atoms with van der Waals surface area (Å²) < 4.78 is 5.52. The number of anilines is 1. The number of benzene rings is 3. The Morgan fingerprint density at radius 2 is 1.46 bits per heavy atom. The number of carbonyl (C=O) groups excluding carboxylic acids is 2. The summed E-state index contributed by atoms with van der Waals surface area (Å²) >= 11 is 0. The molecule has 3 aromatic carbocycles. The van der Waals surface area contributed by atoms with Crippen LogP contribution in [-0.2, 0) is 4.79 Å². The number of nitrogens with one attached hydrogen (secondary N) is 2. The zero-order chi connectivity index (χ0) is 19.8. The minimum Gasteiger partial charge on any atom is -0.484 e. The first-order valence-corrected chi connectivity index (χ1v) is 9.05. The van der Waals surface area contributed by atoms with Crippen LogP contribution in [0.3, 0.4) is 0 Å². The van der Waals surface area contributed by atoms with E-state index in [0.29, 0.717) is 17.0 Å². The molecule has 0 spiro atoms. The molecule has 0 aliphatic heterocycles. The average Bonchev–Trinajstić information content (AvgIpc) is 2.74. The summed E-state index contributed by atoms with van der Waals surface area (Å²) in [7, 11) is 0. The molecule has 142 valence electrons. The summed E-state index contributed by atoms with van der Waals surface area (Å²) in [5.41, 5.74) is 2.28. The third-order valence-electron chi connectivity index (χ3n) is 4.20. The molecule has 0 radical (unpaired) electrons. The van der Waals surface area contributed by atoms with Gasteiger partial charge in [0.1, 0.15) is 5.75 Å². The van der Waals surface area contributed by atoms with Gasteiger partial charge in [-0.1, -0.05) is 48.5 Å². The molecule has 1 atom stereocenters. The summed E-state index contributed by atoms with van der Waals surface area (Å²) in [5, 5.41) is 5.72. The summed E-state index contributed by atoms with van der Waals surface area (Å²) in [6, 6.07) is 25.6. The highest BCUT2D eigenvalue weighted by Crippen LogP contribution is 2.17. The van der Waals surface area contributed by atoms with E-state index in [0.717, 1.165) is 5.56 Å². The molecule has 5 heteroatoms. The van der Waals surface area contributed by atoms with Crippen LogP contribution in [0.15, 0.2) is 84.9 Å². The van der Waals surface area contributed by atoms with Crippen LogP contribution in [0, 0.1) is 0 Å². The van der Waals surface area contributed by atoms with Crippen molar-refractivity contribution in [3.63, 3.8) is 0 Å². The van der Waals surface area contributed by atoms with Gasteiger partial charge in [-0.15, -0.1) is 0 Å². The van der Waals surface area contributed by atoms with Crippen LogP contribution in [0.2, 0.25) is 0 Å². The molecule has 0 unspecified atom stereocenters. The molecule has 0 fully saturated rings. The number of hydrogen-bond acceptors (Lipinski definition) is 3. The Hall–Kier alpha value is -3.60. The van der Waals surface area contributed by atoms with Gasteiger partial charge in [0.15, 0.2) is 6.61 Å². The van der Waals surface area contributed by atoms with Gasteiger partial charge in [-0.05, 0) is 48.9 Å². The van der Waals surface area contributed by atoms with Crippen LogP contribution < -0.4 is 15.4 Å². The number of carbonyl (C=O) groups is 2. The van der Waals surface area contributed by atoms with Crippen molar-refractivity contribution in [2.75, 3.05) is 11.9 Å². The van der Waals surface area contributed by atoms with Crippen molar-refractivity contribution < 1.29 is 14.3 Å². The van der Waals surface area contributed by atoms with Crippen LogP contribution in [0.4, 0.5) is 5.69 Å². The predicted octanol–water partition coefficient (Wildman–Crippen LogP) is 4.20. The molecule has 3 rings (SSSR count). The Balaban J connectivity index is 1.47. The van der Waals surface area contributed by atoms with Gasteiger partial charge < -0.3 is 15.4 Å². The Labute approximate surface area is 164 Å². The molecule has 28 heavy (non-hydrogen) atoms. The van der Waals surface area contributed by atoms with Gasteiger partial charge in [-0.2, -0.15) is 0 Å². The lowest BCUT2D eigenvalue weighted by atomic mass is 10.1. The second-order valence-corrected chi connectivity index (χ2v) is 6.33. The number of hydrogen-bond donors (Lipinski definition) is 2. The van der Waals surface area contributed by atoms with E-state index in [2.05, 4.69) is 10.6 Å². The fourth-order valence-electron chi connectivity index (χ4n) is 2.68. The van der Waals surface area contributed by atoms with E-state index in [-0.39, 0.29) is 24.5 Å². The SMILES string of the molecule is C[C@H](NC(=O)COc1ccc(NC(=O)c2ccccc2)cc1)c1ccccc1. The van der Waals surface area contributed by atoms with Gasteiger partial charge in [-0.25, -0.2) is 0 Å². The van der Waals surface area contributed by atoms with Gasteiger partial charge in [0.05, 0.1) is 6.04 Å². The molecule has 3 aromatic rings. The van der Waals surface area contributed by atoms with Gasteiger partial charge in [-0.3, -0.25) is 9.59 Å². The van der Waals surface area contributed by atoms with Crippen molar-refractivity contribution in [3.8, 4) is 5.75 Å². The molecule has 0 bridgehead atoms. The van der Waals surface area contributed by atoms with Crippen LogP contribution in [-0.4, -0.2) is 18.4 Å². The third-order valence-corrected chi connectivity index (χ3v) is 4.20. The zero-order valence-corrected chi connectivity index (χ0v) is 15.6. The smallest absolute Gasteiger partial charge is 0.258 e. The van der Waals surface area contributed by atoms with Crippen molar-refractivity contribution in [3.05, 3.63) is 96.1 Å². The maximum atomic E-state index is 12.1. The molecular formula is C23H22N2O3. The number of ether oxygens (including phenoxy) is 1. The van der Waals surface area contributed by atoms with E-state index in [1.54, 1.807) is 36.4 Å². The van der Waals surface area contributed by atoms with E-state index in [1.165, 1.54) is 0 Å². The summed E-state index contributed by atoms with van der Waals surface area (Å²) in [6.07, 6.45) is 0.